The van der Waals surface area contributed by atoms with E-state index < -0.39 is 6.17 Å². The first-order valence-electron chi connectivity index (χ1n) is 4.52. The maximum atomic E-state index is 13.0. The molecule has 0 aliphatic carbocycles. The van der Waals surface area contributed by atoms with E-state index in [0.29, 0.717) is 6.42 Å². The van der Waals surface area contributed by atoms with Gasteiger partial charge in [0.2, 0.25) is 0 Å². The molecule has 0 rings (SSSR count). The zero-order valence-corrected chi connectivity index (χ0v) is 7.86. The van der Waals surface area contributed by atoms with E-state index in [4.69, 9.17) is 0 Å². The van der Waals surface area contributed by atoms with Gasteiger partial charge >= 0.3 is 0 Å². The molecule has 0 unspecified atom stereocenters. The first-order chi connectivity index (χ1) is 5.20. The topological polar surface area (TPSA) is 0 Å². The second kappa shape index (κ2) is 6.38. The molecular weight excluding hydrogens is 139 g/mol. The maximum Gasteiger partial charge on any atom is 0.118 e. The minimum absolute atomic E-state index is 0.688. The van der Waals surface area contributed by atoms with Crippen LogP contribution in [-0.4, -0.2) is 6.17 Å². The van der Waals surface area contributed by atoms with Crippen molar-refractivity contribution in [2.45, 2.75) is 52.6 Å². The van der Waals surface area contributed by atoms with Crippen LogP contribution in [0, 0.1) is 0 Å². The Morgan fingerprint density at radius 1 is 1.45 bits per heavy atom. The highest BCUT2D eigenvalue weighted by Gasteiger charge is 2.00. The summed E-state index contributed by atoms with van der Waals surface area (Å²) in [4.78, 5) is 0. The van der Waals surface area contributed by atoms with Crippen LogP contribution in [0.5, 0.6) is 0 Å². The largest absolute Gasteiger partial charge is 0.243 e. The number of unbranched alkanes of at least 4 members (excludes halogenated alkanes) is 1. The van der Waals surface area contributed by atoms with Gasteiger partial charge in [-0.2, -0.15) is 0 Å². The first-order valence-corrected chi connectivity index (χ1v) is 4.52. The number of alkyl halides is 1. The van der Waals surface area contributed by atoms with Crippen LogP contribution in [0.1, 0.15) is 46.5 Å². The van der Waals surface area contributed by atoms with Crippen molar-refractivity contribution in [2.75, 3.05) is 0 Å². The van der Waals surface area contributed by atoms with E-state index in [-0.39, 0.29) is 0 Å². The minimum atomic E-state index is -0.713. The molecule has 0 aromatic rings. The zero-order chi connectivity index (χ0) is 8.69. The van der Waals surface area contributed by atoms with E-state index in [9.17, 15) is 4.39 Å². The lowest BCUT2D eigenvalue weighted by Crippen LogP contribution is -1.95. The summed E-state index contributed by atoms with van der Waals surface area (Å²) in [5, 5.41) is 0. The number of hydrogen-bond acceptors (Lipinski definition) is 0. The molecule has 0 N–H and O–H groups in total. The van der Waals surface area contributed by atoms with Gasteiger partial charge in [-0.3, -0.25) is 0 Å². The predicted molar refractivity (Wildman–Crippen MR) is 48.5 cm³/mol. The molecule has 0 bridgehead atoms. The Kier molecular flexibility index (Phi) is 6.19. The van der Waals surface area contributed by atoms with E-state index in [1.165, 1.54) is 0 Å². The van der Waals surface area contributed by atoms with Crippen LogP contribution in [0.3, 0.4) is 0 Å². The molecule has 11 heavy (non-hydrogen) atoms. The molecule has 0 saturated carbocycles. The summed E-state index contributed by atoms with van der Waals surface area (Å²) < 4.78 is 13.0. The smallest absolute Gasteiger partial charge is 0.118 e. The second-order valence-corrected chi connectivity index (χ2v) is 3.02. The molecule has 0 amide bonds. The summed E-state index contributed by atoms with van der Waals surface area (Å²) in [6, 6.07) is 0. The minimum Gasteiger partial charge on any atom is -0.243 e. The fourth-order valence-electron chi connectivity index (χ4n) is 0.909. The van der Waals surface area contributed by atoms with Gasteiger partial charge < -0.3 is 0 Å². The second-order valence-electron chi connectivity index (χ2n) is 3.02. The average molecular weight is 158 g/mol. The van der Waals surface area contributed by atoms with Crippen molar-refractivity contribution in [2.24, 2.45) is 0 Å². The number of halogens is 1. The molecule has 0 fully saturated rings. The molecule has 0 radical (unpaired) electrons. The highest BCUT2D eigenvalue weighted by Crippen LogP contribution is 2.09. The summed E-state index contributed by atoms with van der Waals surface area (Å²) in [5.74, 6) is 0. The van der Waals surface area contributed by atoms with Crippen molar-refractivity contribution in [3.63, 3.8) is 0 Å². The maximum absolute atomic E-state index is 13.0. The zero-order valence-electron chi connectivity index (χ0n) is 7.86. The third kappa shape index (κ3) is 6.08. The van der Waals surface area contributed by atoms with Crippen LogP contribution in [0.2, 0.25) is 0 Å². The number of allylic oxidation sites excluding steroid dienone is 2. The Labute approximate surface area is 69.5 Å². The highest BCUT2D eigenvalue weighted by molar-refractivity contribution is 5.00. The Morgan fingerprint density at radius 3 is 2.55 bits per heavy atom. The molecular formula is C10H19F. The Balaban J connectivity index is 3.57. The SMILES string of the molecule is CCCC[C@@H](F)/C=C(/C)CC. The number of hydrogen-bond donors (Lipinski definition) is 0. The quantitative estimate of drug-likeness (QED) is 0.533. The Bertz CT molecular complexity index is 116. The lowest BCUT2D eigenvalue weighted by atomic mass is 10.1. The fraction of sp³-hybridized carbons (Fsp3) is 0.800. The van der Waals surface area contributed by atoms with Crippen molar-refractivity contribution >= 4 is 0 Å². The third-order valence-corrected chi connectivity index (χ3v) is 1.86. The molecule has 0 aliphatic rings. The summed E-state index contributed by atoms with van der Waals surface area (Å²) in [6.07, 6.45) is 4.76. The number of rotatable bonds is 5. The summed E-state index contributed by atoms with van der Waals surface area (Å²) in [7, 11) is 0. The van der Waals surface area contributed by atoms with Gasteiger partial charge in [0, 0.05) is 0 Å². The molecule has 0 aromatic carbocycles. The molecule has 1 heteroatoms. The first kappa shape index (κ1) is 10.7. The molecule has 1 atom stereocenters. The van der Waals surface area contributed by atoms with Crippen molar-refractivity contribution in [3.05, 3.63) is 11.6 Å². The van der Waals surface area contributed by atoms with E-state index in [0.717, 1.165) is 24.8 Å². The highest BCUT2D eigenvalue weighted by atomic mass is 19.1. The molecule has 0 aliphatic heterocycles. The van der Waals surface area contributed by atoms with Gasteiger partial charge in [0.05, 0.1) is 0 Å². The van der Waals surface area contributed by atoms with Gasteiger partial charge in [0.15, 0.2) is 0 Å². The molecule has 0 nitrogen and oxygen atoms in total. The summed E-state index contributed by atoms with van der Waals surface area (Å²) in [6.45, 7) is 6.13. The molecule has 0 spiro atoms. The third-order valence-electron chi connectivity index (χ3n) is 1.86. The van der Waals surface area contributed by atoms with Crippen LogP contribution < -0.4 is 0 Å². The van der Waals surface area contributed by atoms with E-state index >= 15 is 0 Å². The van der Waals surface area contributed by atoms with E-state index in [2.05, 4.69) is 13.8 Å². The van der Waals surface area contributed by atoms with Gasteiger partial charge in [0.25, 0.3) is 0 Å². The molecule has 0 saturated heterocycles. The summed E-state index contributed by atoms with van der Waals surface area (Å²) in [5.41, 5.74) is 1.16. The normalized spacial score (nSPS) is 15.1. The van der Waals surface area contributed by atoms with Gasteiger partial charge in [0.1, 0.15) is 6.17 Å². The van der Waals surface area contributed by atoms with Crippen LogP contribution >= 0.6 is 0 Å². The molecule has 66 valence electrons. The molecule has 0 heterocycles. The van der Waals surface area contributed by atoms with E-state index in [1.807, 2.05) is 6.92 Å². The van der Waals surface area contributed by atoms with Crippen LogP contribution in [0.4, 0.5) is 4.39 Å². The van der Waals surface area contributed by atoms with Gasteiger partial charge in [-0.25, -0.2) is 4.39 Å². The van der Waals surface area contributed by atoms with Crippen molar-refractivity contribution < 1.29 is 4.39 Å². The fourth-order valence-corrected chi connectivity index (χ4v) is 0.909. The standard InChI is InChI=1S/C10H19F/c1-4-6-7-10(11)8-9(3)5-2/h8,10H,4-7H2,1-3H3/b9-8-/t10-/m1/s1. The van der Waals surface area contributed by atoms with Crippen LogP contribution in [0.25, 0.3) is 0 Å². The van der Waals surface area contributed by atoms with Gasteiger partial charge in [-0.05, 0) is 19.8 Å². The van der Waals surface area contributed by atoms with Gasteiger partial charge in [-0.1, -0.05) is 38.3 Å². The predicted octanol–water partition coefficient (Wildman–Crippen LogP) is 3.87. The lowest BCUT2D eigenvalue weighted by Gasteiger charge is -2.02. The average Bonchev–Trinajstić information content (AvgIpc) is 2.00. The molecule has 0 aromatic heterocycles. The van der Waals surface area contributed by atoms with E-state index in [1.54, 1.807) is 6.08 Å². The Hall–Kier alpha value is -0.330. The lowest BCUT2D eigenvalue weighted by molar-refractivity contribution is 0.367. The van der Waals surface area contributed by atoms with Crippen LogP contribution in [0.15, 0.2) is 11.6 Å². The Morgan fingerprint density at radius 2 is 2.09 bits per heavy atom. The van der Waals surface area contributed by atoms with Crippen molar-refractivity contribution in [3.8, 4) is 0 Å². The monoisotopic (exact) mass is 158 g/mol. The van der Waals surface area contributed by atoms with Gasteiger partial charge in [-0.15, -0.1) is 0 Å². The van der Waals surface area contributed by atoms with Crippen molar-refractivity contribution in [1.82, 2.24) is 0 Å². The van der Waals surface area contributed by atoms with Crippen molar-refractivity contribution in [1.29, 1.82) is 0 Å². The van der Waals surface area contributed by atoms with Crippen LogP contribution in [-0.2, 0) is 0 Å². The summed E-state index contributed by atoms with van der Waals surface area (Å²) >= 11 is 0.